The lowest BCUT2D eigenvalue weighted by molar-refractivity contribution is -0.128. The first kappa shape index (κ1) is 18.7. The normalized spacial score (nSPS) is 28.4. The largest absolute Gasteiger partial charge is 0.507 e. The molecule has 142 valence electrons. The number of hydrogen-bond acceptors (Lipinski definition) is 6. The number of ketones is 2. The first-order valence-corrected chi connectivity index (χ1v) is 8.99. The van der Waals surface area contributed by atoms with Crippen LogP contribution in [0.2, 0.25) is 0 Å². The Morgan fingerprint density at radius 1 is 1.04 bits per heavy atom. The van der Waals surface area contributed by atoms with Crippen molar-refractivity contribution < 1.29 is 30.0 Å². The van der Waals surface area contributed by atoms with Crippen LogP contribution >= 0.6 is 0 Å². The Kier molecular flexibility index (Phi) is 4.11. The number of carbonyl (C=O) groups excluding carboxylic acids is 2. The van der Waals surface area contributed by atoms with Crippen LogP contribution in [-0.2, 0) is 10.2 Å². The third-order valence-corrected chi connectivity index (χ3v) is 6.44. The number of phenols is 3. The average Bonchev–Trinajstić information content (AvgIpc) is 2.55. The van der Waals surface area contributed by atoms with Crippen molar-refractivity contribution >= 4 is 11.6 Å². The van der Waals surface area contributed by atoms with Gasteiger partial charge in [0.2, 0.25) is 11.6 Å². The second kappa shape index (κ2) is 5.71. The molecule has 1 saturated carbocycles. The molecule has 0 radical (unpaired) electrons. The van der Waals surface area contributed by atoms with Gasteiger partial charge in [0.05, 0.1) is 5.56 Å². The number of aliphatic hydroxyl groups excluding tert-OH is 1. The van der Waals surface area contributed by atoms with Crippen LogP contribution in [0.3, 0.4) is 0 Å². The molecule has 0 heterocycles. The van der Waals surface area contributed by atoms with Crippen LogP contribution < -0.4 is 0 Å². The molecule has 3 rings (SSSR count). The SMILES string of the molecule is C[C@H](CO)c1c(O)c(O)c2c(c1O)C(=O)C(=O)[C@H]1C(C)(C)CCC[C@]21C. The van der Waals surface area contributed by atoms with E-state index in [1.165, 1.54) is 0 Å². The van der Waals surface area contributed by atoms with Crippen molar-refractivity contribution in [1.29, 1.82) is 0 Å². The predicted octanol–water partition coefficient (Wildman–Crippen LogP) is 2.75. The molecule has 0 bridgehead atoms. The van der Waals surface area contributed by atoms with Crippen LogP contribution in [-0.4, -0.2) is 38.6 Å². The highest BCUT2D eigenvalue weighted by Crippen LogP contribution is 2.61. The fraction of sp³-hybridized carbons (Fsp3) is 0.600. The topological polar surface area (TPSA) is 115 Å². The molecular formula is C20H26O6. The lowest BCUT2D eigenvalue weighted by Gasteiger charge is -2.52. The van der Waals surface area contributed by atoms with Crippen molar-refractivity contribution in [2.24, 2.45) is 11.3 Å². The van der Waals surface area contributed by atoms with Gasteiger partial charge < -0.3 is 20.4 Å². The lowest BCUT2D eigenvalue weighted by Crippen LogP contribution is -2.54. The van der Waals surface area contributed by atoms with Gasteiger partial charge in [0, 0.05) is 35.0 Å². The highest BCUT2D eigenvalue weighted by atomic mass is 16.3. The Morgan fingerprint density at radius 2 is 1.65 bits per heavy atom. The summed E-state index contributed by atoms with van der Waals surface area (Å²) >= 11 is 0. The number of carbonyl (C=O) groups is 2. The van der Waals surface area contributed by atoms with Crippen LogP contribution in [0.4, 0.5) is 0 Å². The molecule has 26 heavy (non-hydrogen) atoms. The lowest BCUT2D eigenvalue weighted by atomic mass is 9.49. The maximum Gasteiger partial charge on any atom is 0.233 e. The Hall–Kier alpha value is -2.08. The van der Waals surface area contributed by atoms with Gasteiger partial charge in [-0.25, -0.2) is 0 Å². The van der Waals surface area contributed by atoms with Gasteiger partial charge in [-0.3, -0.25) is 9.59 Å². The number of aromatic hydroxyl groups is 3. The number of hydrogen-bond donors (Lipinski definition) is 4. The second-order valence-corrected chi connectivity index (χ2v) is 8.68. The number of rotatable bonds is 2. The fourth-order valence-corrected chi connectivity index (χ4v) is 5.29. The molecule has 4 N–H and O–H groups in total. The zero-order valence-electron chi connectivity index (χ0n) is 15.6. The molecule has 6 heteroatoms. The first-order chi connectivity index (χ1) is 12.0. The molecule has 6 nitrogen and oxygen atoms in total. The summed E-state index contributed by atoms with van der Waals surface area (Å²) in [5, 5.41) is 41.4. The minimum atomic E-state index is -0.859. The predicted molar refractivity (Wildman–Crippen MR) is 94.7 cm³/mol. The van der Waals surface area contributed by atoms with E-state index in [0.717, 1.165) is 12.8 Å². The zero-order valence-corrected chi connectivity index (χ0v) is 15.6. The zero-order chi connectivity index (χ0) is 19.6. The van der Waals surface area contributed by atoms with Gasteiger partial charge in [-0.2, -0.15) is 0 Å². The molecule has 1 aromatic rings. The highest BCUT2D eigenvalue weighted by molar-refractivity contribution is 6.47. The number of Topliss-reactive ketones (excluding diaryl/α,β-unsaturated/α-hetero) is 2. The number of benzene rings is 1. The van der Waals surface area contributed by atoms with E-state index in [9.17, 15) is 30.0 Å². The molecular weight excluding hydrogens is 336 g/mol. The van der Waals surface area contributed by atoms with Gasteiger partial charge in [-0.05, 0) is 18.3 Å². The molecule has 1 fully saturated rings. The van der Waals surface area contributed by atoms with Crippen molar-refractivity contribution in [3.63, 3.8) is 0 Å². The Labute approximate surface area is 152 Å². The van der Waals surface area contributed by atoms with Crippen molar-refractivity contribution in [2.75, 3.05) is 6.61 Å². The molecule has 0 aliphatic heterocycles. The Bertz CT molecular complexity index is 809. The highest BCUT2D eigenvalue weighted by Gasteiger charge is 2.59. The van der Waals surface area contributed by atoms with Crippen molar-refractivity contribution in [3.05, 3.63) is 16.7 Å². The van der Waals surface area contributed by atoms with Crippen molar-refractivity contribution in [2.45, 2.75) is 58.3 Å². The smallest absolute Gasteiger partial charge is 0.233 e. The van der Waals surface area contributed by atoms with E-state index in [4.69, 9.17) is 0 Å². The van der Waals surface area contributed by atoms with E-state index in [0.29, 0.717) is 6.42 Å². The molecule has 0 spiro atoms. The molecule has 2 aliphatic rings. The summed E-state index contributed by atoms with van der Waals surface area (Å²) in [4.78, 5) is 25.9. The molecule has 1 aromatic carbocycles. The molecule has 3 atom stereocenters. The number of aliphatic hydroxyl groups is 1. The van der Waals surface area contributed by atoms with Crippen LogP contribution in [0.1, 0.15) is 74.4 Å². The third-order valence-electron chi connectivity index (χ3n) is 6.44. The quantitative estimate of drug-likeness (QED) is 0.365. The molecule has 0 amide bonds. The van der Waals surface area contributed by atoms with E-state index < -0.39 is 58.1 Å². The standard InChI is InChI=1S/C20H26O6/c1-9(8-21)10-13(22)11-12(16(25)14(10)23)20(4)7-5-6-19(2,3)18(20)17(26)15(11)24/h9,18,21-23,25H,5-8H2,1-4H3/t9-,18+,20-/m1/s1. The summed E-state index contributed by atoms with van der Waals surface area (Å²) < 4.78 is 0. The van der Waals surface area contributed by atoms with Crippen LogP contribution in [0.5, 0.6) is 17.2 Å². The van der Waals surface area contributed by atoms with E-state index in [1.807, 2.05) is 20.8 Å². The number of phenolic OH excluding ortho intramolecular Hbond substituents is 3. The Morgan fingerprint density at radius 3 is 2.23 bits per heavy atom. The summed E-state index contributed by atoms with van der Waals surface area (Å²) in [7, 11) is 0. The monoisotopic (exact) mass is 362 g/mol. The first-order valence-electron chi connectivity index (χ1n) is 8.99. The van der Waals surface area contributed by atoms with E-state index >= 15 is 0 Å². The molecule has 0 aromatic heterocycles. The average molecular weight is 362 g/mol. The fourth-order valence-electron chi connectivity index (χ4n) is 5.29. The summed E-state index contributed by atoms with van der Waals surface area (Å²) in [5.74, 6) is -4.26. The molecule has 0 unspecified atom stereocenters. The van der Waals surface area contributed by atoms with Gasteiger partial charge in [-0.1, -0.05) is 34.1 Å². The summed E-state index contributed by atoms with van der Waals surface area (Å²) in [6.45, 7) is 6.84. The maximum atomic E-state index is 13.0. The van der Waals surface area contributed by atoms with E-state index in [1.54, 1.807) is 6.92 Å². The summed E-state index contributed by atoms with van der Waals surface area (Å²) in [6, 6.07) is 0. The number of fused-ring (bicyclic) bond motifs is 3. The summed E-state index contributed by atoms with van der Waals surface area (Å²) in [6.07, 6.45) is 2.14. The minimum absolute atomic E-state index is 0.109. The van der Waals surface area contributed by atoms with Gasteiger partial charge in [0.15, 0.2) is 11.5 Å². The minimum Gasteiger partial charge on any atom is -0.507 e. The van der Waals surface area contributed by atoms with Crippen LogP contribution in [0.15, 0.2) is 0 Å². The van der Waals surface area contributed by atoms with Gasteiger partial charge in [0.25, 0.3) is 0 Å². The van der Waals surface area contributed by atoms with Gasteiger partial charge >= 0.3 is 0 Å². The Balaban J connectivity index is 2.40. The van der Waals surface area contributed by atoms with Gasteiger partial charge in [0.1, 0.15) is 5.75 Å². The van der Waals surface area contributed by atoms with Crippen LogP contribution in [0.25, 0.3) is 0 Å². The van der Waals surface area contributed by atoms with E-state index in [2.05, 4.69) is 0 Å². The summed E-state index contributed by atoms with van der Waals surface area (Å²) in [5.41, 5.74) is -1.48. The van der Waals surface area contributed by atoms with Gasteiger partial charge in [-0.15, -0.1) is 0 Å². The third kappa shape index (κ3) is 2.21. The second-order valence-electron chi connectivity index (χ2n) is 8.68. The molecule has 2 aliphatic carbocycles. The maximum absolute atomic E-state index is 13.0. The molecule has 0 saturated heterocycles. The van der Waals surface area contributed by atoms with Crippen molar-refractivity contribution in [1.82, 2.24) is 0 Å². The van der Waals surface area contributed by atoms with E-state index in [-0.39, 0.29) is 16.7 Å². The van der Waals surface area contributed by atoms with Crippen molar-refractivity contribution in [3.8, 4) is 17.2 Å². The van der Waals surface area contributed by atoms with Crippen LogP contribution in [0, 0.1) is 11.3 Å².